The third kappa shape index (κ3) is 1.81. The number of nitrogens with two attached hydrogens (primary N) is 1. The van der Waals surface area contributed by atoms with Gasteiger partial charge in [0.05, 0.1) is 18.4 Å². The van der Waals surface area contributed by atoms with E-state index in [9.17, 15) is 0 Å². The van der Waals surface area contributed by atoms with Crippen LogP contribution in [0.5, 0.6) is 0 Å². The minimum Gasteiger partial charge on any atom is -0.456 e. The van der Waals surface area contributed by atoms with Crippen molar-refractivity contribution in [1.82, 2.24) is 9.78 Å². The number of furan rings is 1. The van der Waals surface area contributed by atoms with Crippen LogP contribution in [0.25, 0.3) is 0 Å². The Labute approximate surface area is 104 Å². The van der Waals surface area contributed by atoms with Crippen LogP contribution in [0.4, 0.5) is 5.69 Å². The van der Waals surface area contributed by atoms with Gasteiger partial charge in [0, 0.05) is 13.1 Å². The number of nitrogens with zero attached hydrogens (tertiary/aromatic N) is 2. The number of nitrogen functional groups attached to an aromatic ring is 1. The summed E-state index contributed by atoms with van der Waals surface area (Å²) in [5.74, 6) is 0.498. The average molecular weight is 247 g/mol. The maximum atomic E-state index is 5.69. The molecule has 2 N–H and O–H groups in total. The summed E-state index contributed by atoms with van der Waals surface area (Å²) in [5.41, 5.74) is 6.22. The van der Waals surface area contributed by atoms with Gasteiger partial charge in [-0.3, -0.25) is 4.68 Å². The Morgan fingerprint density at radius 3 is 2.78 bits per heavy atom. The number of hydrogen-bond acceptors (Lipinski definition) is 5. The average Bonchev–Trinajstić information content (AvgIpc) is 3.02. The number of aromatic nitrogens is 2. The fraction of sp³-hybridized carbons (Fsp3) is 0.250. The van der Waals surface area contributed by atoms with Crippen LogP contribution in [0.15, 0.2) is 41.5 Å². The molecule has 2 aromatic heterocycles. The smallest absolute Gasteiger partial charge is 0.306 e. The zero-order valence-electron chi connectivity index (χ0n) is 9.87. The fourth-order valence-corrected chi connectivity index (χ4v) is 1.79. The summed E-state index contributed by atoms with van der Waals surface area (Å²) in [6.07, 6.45) is 6.33. The van der Waals surface area contributed by atoms with Gasteiger partial charge >= 0.3 is 5.79 Å². The van der Waals surface area contributed by atoms with Crippen molar-refractivity contribution in [3.05, 3.63) is 48.6 Å². The lowest BCUT2D eigenvalue weighted by Gasteiger charge is -2.19. The minimum atomic E-state index is -0.874. The molecule has 0 atom stereocenters. The molecule has 3 heterocycles. The second kappa shape index (κ2) is 3.83. The molecule has 6 nitrogen and oxygen atoms in total. The molecule has 3 rings (SSSR count). The molecule has 0 aliphatic carbocycles. The van der Waals surface area contributed by atoms with Gasteiger partial charge in [0.15, 0.2) is 5.76 Å². The molecule has 94 valence electrons. The highest BCUT2D eigenvalue weighted by molar-refractivity contribution is 5.30. The van der Waals surface area contributed by atoms with E-state index >= 15 is 0 Å². The molecule has 0 saturated heterocycles. The molecule has 0 spiro atoms. The largest absolute Gasteiger partial charge is 0.456 e. The molecule has 1 aliphatic heterocycles. The Balaban J connectivity index is 1.77. The first kappa shape index (κ1) is 10.8. The van der Waals surface area contributed by atoms with Crippen LogP contribution in [-0.4, -0.2) is 9.78 Å². The van der Waals surface area contributed by atoms with Gasteiger partial charge < -0.3 is 19.6 Å². The molecule has 0 amide bonds. The Bertz CT molecular complexity index is 577. The number of anilines is 1. The zero-order valence-corrected chi connectivity index (χ0v) is 9.87. The quantitative estimate of drug-likeness (QED) is 0.895. The number of rotatable bonds is 3. The van der Waals surface area contributed by atoms with Gasteiger partial charge in [-0.2, -0.15) is 5.10 Å². The SMILES string of the molecule is CC1(c2ccc(Cn3cc(N)cn3)o2)OC=CO1. The summed E-state index contributed by atoms with van der Waals surface area (Å²) in [6.45, 7) is 2.31. The van der Waals surface area contributed by atoms with Gasteiger partial charge in [0.1, 0.15) is 18.3 Å². The van der Waals surface area contributed by atoms with Gasteiger partial charge in [-0.1, -0.05) is 0 Å². The van der Waals surface area contributed by atoms with Gasteiger partial charge in [0.25, 0.3) is 0 Å². The molecule has 0 saturated carbocycles. The Morgan fingerprint density at radius 1 is 1.33 bits per heavy atom. The minimum absolute atomic E-state index is 0.515. The van der Waals surface area contributed by atoms with E-state index in [1.165, 1.54) is 12.5 Å². The van der Waals surface area contributed by atoms with E-state index in [1.807, 2.05) is 12.1 Å². The van der Waals surface area contributed by atoms with Crippen molar-refractivity contribution in [1.29, 1.82) is 0 Å². The second-order valence-electron chi connectivity index (χ2n) is 4.19. The van der Waals surface area contributed by atoms with Crippen LogP contribution >= 0.6 is 0 Å². The van der Waals surface area contributed by atoms with Crippen molar-refractivity contribution < 1.29 is 13.9 Å². The monoisotopic (exact) mass is 247 g/mol. The van der Waals surface area contributed by atoms with Gasteiger partial charge in [-0.25, -0.2) is 0 Å². The number of ether oxygens (including phenoxy) is 2. The molecule has 1 aliphatic rings. The Morgan fingerprint density at radius 2 is 2.11 bits per heavy atom. The third-order valence-corrected chi connectivity index (χ3v) is 2.72. The van der Waals surface area contributed by atoms with Crippen molar-refractivity contribution in [2.24, 2.45) is 0 Å². The van der Waals surface area contributed by atoms with Crippen molar-refractivity contribution in [2.45, 2.75) is 19.3 Å². The molecule has 0 bridgehead atoms. The standard InChI is InChI=1S/C12H13N3O3/c1-12(16-4-5-17-12)11-3-2-10(18-11)8-15-7-9(13)6-14-15/h2-7H,8,13H2,1H3. The first-order chi connectivity index (χ1) is 8.66. The summed E-state index contributed by atoms with van der Waals surface area (Å²) in [5, 5.41) is 4.09. The maximum absolute atomic E-state index is 5.69. The van der Waals surface area contributed by atoms with E-state index in [0.29, 0.717) is 18.0 Å². The van der Waals surface area contributed by atoms with Crippen LogP contribution in [-0.2, 0) is 21.8 Å². The second-order valence-corrected chi connectivity index (χ2v) is 4.19. The molecule has 0 radical (unpaired) electrons. The van der Waals surface area contributed by atoms with Crippen molar-refractivity contribution in [2.75, 3.05) is 5.73 Å². The molecular formula is C12H13N3O3. The first-order valence-corrected chi connectivity index (χ1v) is 5.53. The van der Waals surface area contributed by atoms with Crippen LogP contribution in [0.3, 0.4) is 0 Å². The maximum Gasteiger partial charge on any atom is 0.306 e. The predicted molar refractivity (Wildman–Crippen MR) is 63.1 cm³/mol. The lowest BCUT2D eigenvalue weighted by atomic mass is 10.2. The Hall–Kier alpha value is -2.37. The predicted octanol–water partition coefficient (Wildman–Crippen LogP) is 1.80. The fourth-order valence-electron chi connectivity index (χ4n) is 1.79. The summed E-state index contributed by atoms with van der Waals surface area (Å²) in [7, 11) is 0. The Kier molecular flexibility index (Phi) is 2.29. The van der Waals surface area contributed by atoms with Gasteiger partial charge in [-0.15, -0.1) is 0 Å². The highest BCUT2D eigenvalue weighted by Gasteiger charge is 2.35. The summed E-state index contributed by atoms with van der Waals surface area (Å²) in [6, 6.07) is 3.69. The summed E-state index contributed by atoms with van der Waals surface area (Å²) < 4.78 is 18.1. The lowest BCUT2D eigenvalue weighted by Crippen LogP contribution is -2.21. The van der Waals surface area contributed by atoms with Crippen LogP contribution < -0.4 is 5.73 Å². The first-order valence-electron chi connectivity index (χ1n) is 5.53. The molecule has 0 fully saturated rings. The normalized spacial score (nSPS) is 16.5. The molecule has 2 aromatic rings. The molecule has 0 aromatic carbocycles. The van der Waals surface area contributed by atoms with Crippen molar-refractivity contribution in [3.8, 4) is 0 Å². The topological polar surface area (TPSA) is 75.4 Å². The van der Waals surface area contributed by atoms with E-state index < -0.39 is 5.79 Å². The van der Waals surface area contributed by atoms with E-state index in [1.54, 1.807) is 24.0 Å². The lowest BCUT2D eigenvalue weighted by molar-refractivity contribution is -0.147. The highest BCUT2D eigenvalue weighted by atomic mass is 16.7. The van der Waals surface area contributed by atoms with Crippen LogP contribution in [0, 0.1) is 0 Å². The van der Waals surface area contributed by atoms with Crippen molar-refractivity contribution in [3.63, 3.8) is 0 Å². The molecular weight excluding hydrogens is 234 g/mol. The molecule has 0 unspecified atom stereocenters. The van der Waals surface area contributed by atoms with Crippen molar-refractivity contribution >= 4 is 5.69 Å². The molecule has 6 heteroatoms. The van der Waals surface area contributed by atoms with Crippen LogP contribution in [0.1, 0.15) is 18.4 Å². The zero-order chi connectivity index (χ0) is 12.6. The van der Waals surface area contributed by atoms with E-state index in [0.717, 1.165) is 5.76 Å². The summed E-state index contributed by atoms with van der Waals surface area (Å²) in [4.78, 5) is 0. The van der Waals surface area contributed by atoms with Crippen LogP contribution in [0.2, 0.25) is 0 Å². The summed E-state index contributed by atoms with van der Waals surface area (Å²) >= 11 is 0. The third-order valence-electron chi connectivity index (χ3n) is 2.72. The number of hydrogen-bond donors (Lipinski definition) is 1. The van der Waals surface area contributed by atoms with Gasteiger partial charge in [-0.05, 0) is 12.1 Å². The van der Waals surface area contributed by atoms with E-state index in [4.69, 9.17) is 19.6 Å². The van der Waals surface area contributed by atoms with E-state index in [2.05, 4.69) is 5.10 Å². The van der Waals surface area contributed by atoms with E-state index in [-0.39, 0.29) is 0 Å². The van der Waals surface area contributed by atoms with Gasteiger partial charge in [0.2, 0.25) is 0 Å². The molecule has 18 heavy (non-hydrogen) atoms. The highest BCUT2D eigenvalue weighted by Crippen LogP contribution is 2.32.